The van der Waals surface area contributed by atoms with E-state index < -0.39 is 18.1 Å². The van der Waals surface area contributed by atoms with E-state index in [1.807, 2.05) is 0 Å². The molecule has 1 aliphatic rings. The zero-order chi connectivity index (χ0) is 16.4. The van der Waals surface area contributed by atoms with Gasteiger partial charge < -0.3 is 14.2 Å². The number of esters is 1. The molecule has 1 amide bonds. The lowest BCUT2D eigenvalue weighted by atomic mass is 10.1. The first-order chi connectivity index (χ1) is 11.2. The van der Waals surface area contributed by atoms with Crippen LogP contribution in [0.5, 0.6) is 11.5 Å². The van der Waals surface area contributed by atoms with Gasteiger partial charge in [0.05, 0.1) is 14.2 Å². The standard InChI is InChI=1S/C14H14N4O5/c1-21-9-4-3-7-10(11(9)22-2)14(20)23-13(7)18-17-12(19)8-5-6-15-16-8/h3-6,13,18H,1-2H3,(H,15,16)(H,17,19)/t13-/m1/s1. The van der Waals surface area contributed by atoms with Crippen LogP contribution in [0.4, 0.5) is 0 Å². The first kappa shape index (κ1) is 14.9. The molecule has 9 nitrogen and oxygen atoms in total. The second kappa shape index (κ2) is 5.97. The summed E-state index contributed by atoms with van der Waals surface area (Å²) in [7, 11) is 2.91. The second-order valence-corrected chi connectivity index (χ2v) is 4.62. The van der Waals surface area contributed by atoms with Crippen LogP contribution in [0.1, 0.15) is 32.6 Å². The van der Waals surface area contributed by atoms with Crippen molar-refractivity contribution in [3.63, 3.8) is 0 Å². The first-order valence-corrected chi connectivity index (χ1v) is 6.66. The summed E-state index contributed by atoms with van der Waals surface area (Å²) in [6.45, 7) is 0. The van der Waals surface area contributed by atoms with Gasteiger partial charge in [-0.25, -0.2) is 4.79 Å². The van der Waals surface area contributed by atoms with E-state index in [1.165, 1.54) is 26.5 Å². The number of H-pyrrole nitrogens is 1. The van der Waals surface area contributed by atoms with Crippen molar-refractivity contribution in [3.8, 4) is 11.5 Å². The zero-order valence-electron chi connectivity index (χ0n) is 12.4. The van der Waals surface area contributed by atoms with Gasteiger partial charge in [-0.3, -0.25) is 15.3 Å². The molecule has 2 heterocycles. The number of hydrogen-bond donors (Lipinski definition) is 3. The molecule has 9 heteroatoms. The Balaban J connectivity index is 1.80. The number of methoxy groups -OCH3 is 2. The van der Waals surface area contributed by atoms with Crippen molar-refractivity contribution < 1.29 is 23.8 Å². The Kier molecular flexibility index (Phi) is 3.85. The van der Waals surface area contributed by atoms with Crippen LogP contribution in [0.3, 0.4) is 0 Å². The normalized spacial score (nSPS) is 15.7. The molecule has 0 spiro atoms. The van der Waals surface area contributed by atoms with Gasteiger partial charge in [0.25, 0.3) is 5.91 Å². The van der Waals surface area contributed by atoms with Crippen LogP contribution >= 0.6 is 0 Å². The van der Waals surface area contributed by atoms with Crippen molar-refractivity contribution in [2.24, 2.45) is 0 Å². The molecular weight excluding hydrogens is 304 g/mol. The number of aromatic amines is 1. The maximum absolute atomic E-state index is 12.1. The molecule has 2 aromatic rings. The average Bonchev–Trinajstić information content (AvgIpc) is 3.20. The number of ether oxygens (including phenoxy) is 3. The Bertz CT molecular complexity index is 744. The topological polar surface area (TPSA) is 115 Å². The van der Waals surface area contributed by atoms with Gasteiger partial charge in [-0.05, 0) is 18.2 Å². The van der Waals surface area contributed by atoms with Gasteiger partial charge in [-0.2, -0.15) is 10.5 Å². The molecule has 0 saturated heterocycles. The number of aromatic nitrogens is 2. The van der Waals surface area contributed by atoms with Crippen molar-refractivity contribution in [3.05, 3.63) is 41.2 Å². The van der Waals surface area contributed by atoms with Gasteiger partial charge in [-0.1, -0.05) is 0 Å². The predicted octanol–water partition coefficient (Wildman–Crippen LogP) is 0.530. The molecule has 3 N–H and O–H groups in total. The summed E-state index contributed by atoms with van der Waals surface area (Å²) in [5.41, 5.74) is 6.18. The maximum Gasteiger partial charge on any atom is 0.344 e. The average molecular weight is 318 g/mol. The highest BCUT2D eigenvalue weighted by Gasteiger charge is 2.36. The van der Waals surface area contributed by atoms with Gasteiger partial charge in [0.15, 0.2) is 17.7 Å². The van der Waals surface area contributed by atoms with Gasteiger partial charge >= 0.3 is 5.97 Å². The number of fused-ring (bicyclic) bond motifs is 1. The van der Waals surface area contributed by atoms with Gasteiger partial charge in [0.2, 0.25) is 0 Å². The van der Waals surface area contributed by atoms with E-state index in [9.17, 15) is 9.59 Å². The molecule has 0 radical (unpaired) electrons. The second-order valence-electron chi connectivity index (χ2n) is 4.62. The van der Waals surface area contributed by atoms with E-state index in [0.717, 1.165) is 0 Å². The van der Waals surface area contributed by atoms with E-state index in [0.29, 0.717) is 17.1 Å². The fourth-order valence-electron chi connectivity index (χ4n) is 2.29. The minimum atomic E-state index is -0.829. The van der Waals surface area contributed by atoms with Crippen molar-refractivity contribution in [1.82, 2.24) is 21.0 Å². The number of rotatable bonds is 5. The number of nitrogens with one attached hydrogen (secondary N) is 3. The lowest BCUT2D eigenvalue weighted by Crippen LogP contribution is -2.40. The molecule has 0 unspecified atom stereocenters. The summed E-state index contributed by atoms with van der Waals surface area (Å²) in [5.74, 6) is -0.291. The minimum Gasteiger partial charge on any atom is -0.493 e. The van der Waals surface area contributed by atoms with Gasteiger partial charge in [-0.15, -0.1) is 0 Å². The summed E-state index contributed by atoms with van der Waals surface area (Å²) < 4.78 is 15.6. The Labute approximate surface area is 130 Å². The van der Waals surface area contributed by atoms with Crippen LogP contribution in [0, 0.1) is 0 Å². The molecule has 0 saturated carbocycles. The number of hydrogen-bond acceptors (Lipinski definition) is 7. The summed E-state index contributed by atoms with van der Waals surface area (Å²) in [6, 6.07) is 4.84. The Morgan fingerprint density at radius 2 is 2.13 bits per heavy atom. The molecule has 1 aromatic heterocycles. The zero-order valence-corrected chi connectivity index (χ0v) is 12.4. The number of carbonyl (C=O) groups excluding carboxylic acids is 2. The third kappa shape index (κ3) is 2.57. The van der Waals surface area contributed by atoms with E-state index in [-0.39, 0.29) is 11.3 Å². The lowest BCUT2D eigenvalue weighted by molar-refractivity contribution is 0.0259. The summed E-state index contributed by atoms with van der Waals surface area (Å²) in [5, 5.41) is 6.21. The van der Waals surface area contributed by atoms with E-state index in [4.69, 9.17) is 14.2 Å². The van der Waals surface area contributed by atoms with E-state index >= 15 is 0 Å². The van der Waals surface area contributed by atoms with Crippen LogP contribution in [0.25, 0.3) is 0 Å². The molecule has 3 rings (SSSR count). The summed E-state index contributed by atoms with van der Waals surface area (Å²) >= 11 is 0. The molecular formula is C14H14N4O5. The van der Waals surface area contributed by atoms with Crippen LogP contribution in [0.15, 0.2) is 24.4 Å². The molecule has 0 bridgehead atoms. The minimum absolute atomic E-state index is 0.264. The Hall–Kier alpha value is -3.07. The molecule has 23 heavy (non-hydrogen) atoms. The number of amides is 1. The number of benzene rings is 1. The Morgan fingerprint density at radius 3 is 2.78 bits per heavy atom. The molecule has 1 aromatic carbocycles. The Morgan fingerprint density at radius 1 is 1.30 bits per heavy atom. The highest BCUT2D eigenvalue weighted by Crippen LogP contribution is 2.40. The molecule has 1 aliphatic heterocycles. The molecule has 120 valence electrons. The third-order valence-electron chi connectivity index (χ3n) is 3.35. The van der Waals surface area contributed by atoms with Gasteiger partial charge in [0, 0.05) is 11.8 Å². The fraction of sp³-hybridized carbons (Fsp3) is 0.214. The summed E-state index contributed by atoms with van der Waals surface area (Å²) in [6.07, 6.45) is 0.626. The van der Waals surface area contributed by atoms with Crippen molar-refractivity contribution in [2.45, 2.75) is 6.23 Å². The monoisotopic (exact) mass is 318 g/mol. The lowest BCUT2D eigenvalue weighted by Gasteiger charge is -2.14. The molecule has 0 fully saturated rings. The van der Waals surface area contributed by atoms with E-state index in [2.05, 4.69) is 21.0 Å². The van der Waals surface area contributed by atoms with Gasteiger partial charge in [0.1, 0.15) is 11.3 Å². The quantitative estimate of drug-likeness (QED) is 0.544. The highest BCUT2D eigenvalue weighted by atomic mass is 16.6. The predicted molar refractivity (Wildman–Crippen MR) is 76.9 cm³/mol. The van der Waals surface area contributed by atoms with Crippen LogP contribution < -0.4 is 20.3 Å². The smallest absolute Gasteiger partial charge is 0.344 e. The van der Waals surface area contributed by atoms with Crippen molar-refractivity contribution in [2.75, 3.05) is 14.2 Å². The van der Waals surface area contributed by atoms with Crippen LogP contribution in [-0.2, 0) is 4.74 Å². The third-order valence-corrected chi connectivity index (χ3v) is 3.35. The molecule has 1 atom stereocenters. The number of carbonyl (C=O) groups is 2. The highest BCUT2D eigenvalue weighted by molar-refractivity contribution is 5.98. The molecule has 0 aliphatic carbocycles. The van der Waals surface area contributed by atoms with Crippen LogP contribution in [-0.4, -0.2) is 36.3 Å². The fourth-order valence-corrected chi connectivity index (χ4v) is 2.29. The van der Waals surface area contributed by atoms with Crippen molar-refractivity contribution in [1.29, 1.82) is 0 Å². The summed E-state index contributed by atoms with van der Waals surface area (Å²) in [4.78, 5) is 23.9. The number of nitrogens with zero attached hydrogens (tertiary/aromatic N) is 1. The van der Waals surface area contributed by atoms with E-state index in [1.54, 1.807) is 12.1 Å². The number of cyclic esters (lactones) is 1. The first-order valence-electron chi connectivity index (χ1n) is 6.66. The SMILES string of the molecule is COc1ccc2c(c1OC)C(=O)O[C@H]2NNC(=O)c1ccn[nH]1. The number of hydrazine groups is 1. The van der Waals surface area contributed by atoms with Crippen molar-refractivity contribution >= 4 is 11.9 Å². The largest absolute Gasteiger partial charge is 0.493 e. The van der Waals surface area contributed by atoms with Crippen LogP contribution in [0.2, 0.25) is 0 Å². The maximum atomic E-state index is 12.1.